The van der Waals surface area contributed by atoms with Crippen LogP contribution in [0.2, 0.25) is 0 Å². The van der Waals surface area contributed by atoms with E-state index in [1.165, 1.54) is 25.7 Å². The van der Waals surface area contributed by atoms with E-state index in [1.54, 1.807) is 0 Å². The van der Waals surface area contributed by atoms with Gasteiger partial charge in [0.2, 0.25) is 0 Å². The number of aliphatic hydroxyl groups excluding tert-OH is 1. The topological polar surface area (TPSA) is 56.3 Å². The Kier molecular flexibility index (Phi) is 3.45. The van der Waals surface area contributed by atoms with Crippen LogP contribution < -0.4 is 10.5 Å². The first kappa shape index (κ1) is 16.0. The van der Waals surface area contributed by atoms with E-state index in [4.69, 9.17) is 6.42 Å². The van der Waals surface area contributed by atoms with E-state index in [2.05, 4.69) is 15.8 Å². The van der Waals surface area contributed by atoms with Gasteiger partial charge in [-0.15, -0.1) is 6.42 Å². The monoisotopic (exact) mass is 348 g/mol. The molecule has 0 radical (unpaired) electrons. The summed E-state index contributed by atoms with van der Waals surface area (Å²) >= 11 is 0. The first-order valence-corrected chi connectivity index (χ1v) is 9.70. The molecule has 5 rings (SSSR count). The Morgan fingerprint density at radius 3 is 2.58 bits per heavy atom. The fraction of sp³-hybridized carbons (Fsp3) is 0.500. The average Bonchev–Trinajstić information content (AvgIpc) is 3.57. The summed E-state index contributed by atoms with van der Waals surface area (Å²) in [4.78, 5) is 17.7. The predicted molar refractivity (Wildman–Crippen MR) is 103 cm³/mol. The number of nitrogens with zero attached hydrogens (tertiary/aromatic N) is 1. The molecule has 0 unspecified atom stereocenters. The number of aromatic amines is 1. The summed E-state index contributed by atoms with van der Waals surface area (Å²) in [6.45, 7) is 1.89. The molecule has 4 nitrogen and oxygen atoms in total. The minimum Gasteiger partial charge on any atom is -0.388 e. The highest BCUT2D eigenvalue weighted by Crippen LogP contribution is 2.54. The summed E-state index contributed by atoms with van der Waals surface area (Å²) in [5.74, 6) is 3.00. The maximum Gasteiger partial charge on any atom is 0.266 e. The number of pyridine rings is 1. The highest BCUT2D eigenvalue weighted by atomic mass is 16.3. The van der Waals surface area contributed by atoms with E-state index in [0.29, 0.717) is 16.9 Å². The van der Waals surface area contributed by atoms with Crippen molar-refractivity contribution in [2.45, 2.75) is 44.6 Å². The van der Waals surface area contributed by atoms with Crippen molar-refractivity contribution in [2.24, 2.45) is 11.3 Å². The number of nitrogens with one attached hydrogen (secondary N) is 1. The zero-order valence-electron chi connectivity index (χ0n) is 14.9. The maximum absolute atomic E-state index is 12.5. The van der Waals surface area contributed by atoms with Crippen molar-refractivity contribution < 1.29 is 5.11 Å². The van der Waals surface area contributed by atoms with Gasteiger partial charge in [-0.25, -0.2) is 0 Å². The van der Waals surface area contributed by atoms with Gasteiger partial charge in [0, 0.05) is 18.5 Å². The van der Waals surface area contributed by atoms with E-state index >= 15 is 0 Å². The maximum atomic E-state index is 12.5. The Morgan fingerprint density at radius 2 is 1.96 bits per heavy atom. The summed E-state index contributed by atoms with van der Waals surface area (Å²) in [7, 11) is 0. The molecule has 4 heteroatoms. The smallest absolute Gasteiger partial charge is 0.266 e. The van der Waals surface area contributed by atoms with E-state index in [1.807, 2.05) is 18.2 Å². The third-order valence-electron chi connectivity index (χ3n) is 6.66. The lowest BCUT2D eigenvalue weighted by molar-refractivity contribution is 0.154. The molecule has 3 fully saturated rings. The number of terminal acetylenes is 1. The lowest BCUT2D eigenvalue weighted by atomic mass is 9.92. The molecule has 0 bridgehead atoms. The Morgan fingerprint density at radius 1 is 1.23 bits per heavy atom. The van der Waals surface area contributed by atoms with Crippen LogP contribution in [0.15, 0.2) is 23.0 Å². The van der Waals surface area contributed by atoms with Gasteiger partial charge in [-0.05, 0) is 67.6 Å². The normalized spacial score (nSPS) is 22.4. The molecule has 1 aromatic carbocycles. The van der Waals surface area contributed by atoms with Crippen LogP contribution in [0.1, 0.15) is 55.8 Å². The van der Waals surface area contributed by atoms with Crippen molar-refractivity contribution in [3.05, 3.63) is 39.7 Å². The fourth-order valence-corrected chi connectivity index (χ4v) is 4.51. The van der Waals surface area contributed by atoms with E-state index in [-0.39, 0.29) is 5.56 Å². The summed E-state index contributed by atoms with van der Waals surface area (Å²) in [5, 5.41) is 11.5. The zero-order chi connectivity index (χ0) is 17.9. The van der Waals surface area contributed by atoms with Crippen LogP contribution in [0, 0.1) is 23.7 Å². The number of fused-ring (bicyclic) bond motifs is 1. The van der Waals surface area contributed by atoms with Gasteiger partial charge in [0.05, 0.1) is 17.3 Å². The van der Waals surface area contributed by atoms with E-state index < -0.39 is 6.10 Å². The molecule has 0 amide bonds. The Balaban J connectivity index is 1.63. The Bertz CT molecular complexity index is 966. The number of H-pyrrole nitrogens is 1. The zero-order valence-corrected chi connectivity index (χ0v) is 14.9. The number of anilines is 1. The number of hydrogen-bond donors (Lipinski definition) is 2. The van der Waals surface area contributed by atoms with Crippen LogP contribution in [-0.2, 0) is 0 Å². The van der Waals surface area contributed by atoms with Gasteiger partial charge in [0.25, 0.3) is 5.56 Å². The van der Waals surface area contributed by atoms with Crippen molar-refractivity contribution >= 4 is 16.6 Å². The molecule has 134 valence electrons. The number of aromatic nitrogens is 1. The van der Waals surface area contributed by atoms with Gasteiger partial charge in [-0.3, -0.25) is 4.79 Å². The van der Waals surface area contributed by atoms with Gasteiger partial charge < -0.3 is 15.0 Å². The molecule has 1 atom stereocenters. The van der Waals surface area contributed by atoms with Crippen molar-refractivity contribution in [3.63, 3.8) is 0 Å². The fourth-order valence-electron chi connectivity index (χ4n) is 4.51. The van der Waals surface area contributed by atoms with Crippen LogP contribution in [0.3, 0.4) is 0 Å². The molecule has 1 saturated heterocycles. The molecule has 1 aromatic heterocycles. The summed E-state index contributed by atoms with van der Waals surface area (Å²) in [6, 6.07) is 5.87. The highest BCUT2D eigenvalue weighted by Gasteiger charge is 2.44. The third kappa shape index (κ3) is 2.54. The third-order valence-corrected chi connectivity index (χ3v) is 6.66. The Hall–Kier alpha value is -2.25. The van der Waals surface area contributed by atoms with Crippen molar-refractivity contribution in [1.29, 1.82) is 0 Å². The second-order valence-electron chi connectivity index (χ2n) is 8.40. The molecule has 3 aliphatic rings. The summed E-state index contributed by atoms with van der Waals surface area (Å²) in [5.41, 5.74) is 3.39. The second-order valence-corrected chi connectivity index (χ2v) is 8.40. The van der Waals surface area contributed by atoms with Crippen LogP contribution in [0.25, 0.3) is 10.9 Å². The quantitative estimate of drug-likeness (QED) is 0.837. The molecule has 2 N–H and O–H groups in total. The molecular weight excluding hydrogens is 324 g/mol. The predicted octanol–water partition coefficient (Wildman–Crippen LogP) is 3.33. The molecule has 1 spiro atoms. The summed E-state index contributed by atoms with van der Waals surface area (Å²) in [6.07, 6.45) is 12.5. The standard InChI is InChI=1S/C22H24N2O2/c1-2-16-19(24-11-9-22(7-8-22)10-12-24)17-13-15(20(25)14-3-4-14)5-6-18(17)23-21(16)26/h1,5-6,13-14,20,25H,3-4,7-12H2,(H,23,26)/t20-/m0/s1. The Labute approximate surface area is 153 Å². The lowest BCUT2D eigenvalue weighted by Crippen LogP contribution is -2.36. The van der Waals surface area contributed by atoms with Crippen molar-refractivity contribution in [3.8, 4) is 12.3 Å². The molecule has 2 saturated carbocycles. The van der Waals surface area contributed by atoms with Gasteiger partial charge in [-0.1, -0.05) is 12.0 Å². The molecule has 2 heterocycles. The van der Waals surface area contributed by atoms with Gasteiger partial charge in [0.15, 0.2) is 0 Å². The average molecular weight is 348 g/mol. The van der Waals surface area contributed by atoms with E-state index in [0.717, 1.165) is 48.1 Å². The van der Waals surface area contributed by atoms with Gasteiger partial charge in [0.1, 0.15) is 5.56 Å². The number of aliphatic hydroxyl groups is 1. The minimum absolute atomic E-state index is 0.197. The molecule has 2 aromatic rings. The minimum atomic E-state index is -0.426. The molecular formula is C22H24N2O2. The second kappa shape index (κ2) is 5.62. The number of hydrogen-bond acceptors (Lipinski definition) is 3. The van der Waals surface area contributed by atoms with Crippen LogP contribution in [-0.4, -0.2) is 23.2 Å². The van der Waals surface area contributed by atoms with Crippen LogP contribution in [0.4, 0.5) is 5.69 Å². The number of piperidine rings is 1. The van der Waals surface area contributed by atoms with Crippen LogP contribution >= 0.6 is 0 Å². The van der Waals surface area contributed by atoms with Gasteiger partial charge >= 0.3 is 0 Å². The van der Waals surface area contributed by atoms with E-state index in [9.17, 15) is 9.90 Å². The van der Waals surface area contributed by atoms with Crippen molar-refractivity contribution in [1.82, 2.24) is 4.98 Å². The lowest BCUT2D eigenvalue weighted by Gasteiger charge is -2.35. The van der Waals surface area contributed by atoms with Gasteiger partial charge in [-0.2, -0.15) is 0 Å². The highest BCUT2D eigenvalue weighted by molar-refractivity contribution is 5.95. The summed E-state index contributed by atoms with van der Waals surface area (Å²) < 4.78 is 0. The SMILES string of the molecule is C#Cc1c(N2CCC3(CC2)CC3)c2cc([C@@H](O)C3CC3)ccc2[nH]c1=O. The van der Waals surface area contributed by atoms with Crippen molar-refractivity contribution in [2.75, 3.05) is 18.0 Å². The first-order valence-electron chi connectivity index (χ1n) is 9.70. The molecule has 2 aliphatic carbocycles. The largest absolute Gasteiger partial charge is 0.388 e. The molecule has 26 heavy (non-hydrogen) atoms. The van der Waals surface area contributed by atoms with Crippen LogP contribution in [0.5, 0.6) is 0 Å². The first-order chi connectivity index (χ1) is 12.6. The number of rotatable bonds is 3. The number of benzene rings is 1. The molecule has 1 aliphatic heterocycles.